The summed E-state index contributed by atoms with van der Waals surface area (Å²) in [6, 6.07) is 0. The van der Waals surface area contributed by atoms with Crippen LogP contribution in [0.3, 0.4) is 0 Å². The standard InChI is InChI=1S/C13H14F3N3O3S/c1-3-18-10(20)9-7(2)8(6-17-22)23-11(9)19(12(18)21)5-4-13(14,15)16/h6,22H,3-5H2,1-2H3. The van der Waals surface area contributed by atoms with Crippen LogP contribution >= 0.6 is 11.3 Å². The van der Waals surface area contributed by atoms with Crippen molar-refractivity contribution in [3.8, 4) is 0 Å². The van der Waals surface area contributed by atoms with Crippen LogP contribution in [0.2, 0.25) is 0 Å². The van der Waals surface area contributed by atoms with Crippen LogP contribution in [0.25, 0.3) is 10.2 Å². The van der Waals surface area contributed by atoms with E-state index in [1.165, 1.54) is 0 Å². The van der Waals surface area contributed by atoms with Gasteiger partial charge in [-0.2, -0.15) is 13.2 Å². The van der Waals surface area contributed by atoms with Gasteiger partial charge in [-0.25, -0.2) is 4.79 Å². The van der Waals surface area contributed by atoms with Gasteiger partial charge in [-0.3, -0.25) is 13.9 Å². The third kappa shape index (κ3) is 3.16. The quantitative estimate of drug-likeness (QED) is 0.523. The van der Waals surface area contributed by atoms with E-state index >= 15 is 0 Å². The maximum Gasteiger partial charge on any atom is 0.390 e. The highest BCUT2D eigenvalue weighted by Crippen LogP contribution is 2.28. The first-order chi connectivity index (χ1) is 10.7. The van der Waals surface area contributed by atoms with Crippen molar-refractivity contribution in [2.24, 2.45) is 5.16 Å². The number of aromatic nitrogens is 2. The Bertz CT molecular complexity index is 877. The topological polar surface area (TPSA) is 76.6 Å². The van der Waals surface area contributed by atoms with Gasteiger partial charge in [0.2, 0.25) is 0 Å². The number of hydrogen-bond acceptors (Lipinski definition) is 5. The molecule has 6 nitrogen and oxygen atoms in total. The molecule has 1 N–H and O–H groups in total. The van der Waals surface area contributed by atoms with E-state index in [4.69, 9.17) is 5.21 Å². The number of fused-ring (bicyclic) bond motifs is 1. The van der Waals surface area contributed by atoms with Crippen LogP contribution in [0.5, 0.6) is 0 Å². The van der Waals surface area contributed by atoms with Gasteiger partial charge in [0.15, 0.2) is 0 Å². The van der Waals surface area contributed by atoms with Gasteiger partial charge in [0, 0.05) is 13.1 Å². The molecule has 0 amide bonds. The lowest BCUT2D eigenvalue weighted by Crippen LogP contribution is -2.39. The number of halogens is 3. The van der Waals surface area contributed by atoms with E-state index in [9.17, 15) is 22.8 Å². The van der Waals surface area contributed by atoms with Crippen molar-refractivity contribution in [3.05, 3.63) is 31.3 Å². The van der Waals surface area contributed by atoms with E-state index in [0.29, 0.717) is 10.4 Å². The van der Waals surface area contributed by atoms with Crippen molar-refractivity contribution in [1.29, 1.82) is 0 Å². The Hall–Kier alpha value is -2.10. The molecule has 0 aromatic carbocycles. The van der Waals surface area contributed by atoms with E-state index in [0.717, 1.165) is 26.7 Å². The van der Waals surface area contributed by atoms with Crippen molar-refractivity contribution in [2.45, 2.75) is 39.5 Å². The minimum Gasteiger partial charge on any atom is -0.411 e. The predicted molar refractivity (Wildman–Crippen MR) is 80.8 cm³/mol. The number of oxime groups is 1. The zero-order valence-corrected chi connectivity index (χ0v) is 13.2. The lowest BCUT2D eigenvalue weighted by Gasteiger charge is -2.12. The third-order valence-electron chi connectivity index (χ3n) is 3.44. The first-order valence-corrected chi connectivity index (χ1v) is 7.53. The normalized spacial score (nSPS) is 12.6. The number of alkyl halides is 3. The molecule has 0 unspecified atom stereocenters. The zero-order chi connectivity index (χ0) is 17.4. The van der Waals surface area contributed by atoms with Crippen molar-refractivity contribution >= 4 is 27.8 Å². The number of thiophene rings is 1. The highest BCUT2D eigenvalue weighted by atomic mass is 32.1. The van der Waals surface area contributed by atoms with E-state index < -0.39 is 30.4 Å². The molecule has 0 aliphatic carbocycles. The van der Waals surface area contributed by atoms with Gasteiger partial charge in [0.25, 0.3) is 5.56 Å². The maximum absolute atomic E-state index is 12.5. The van der Waals surface area contributed by atoms with Gasteiger partial charge in [-0.1, -0.05) is 5.16 Å². The van der Waals surface area contributed by atoms with Gasteiger partial charge in [0.1, 0.15) is 4.83 Å². The lowest BCUT2D eigenvalue weighted by atomic mass is 10.2. The average molecular weight is 349 g/mol. The van der Waals surface area contributed by atoms with Gasteiger partial charge < -0.3 is 5.21 Å². The lowest BCUT2D eigenvalue weighted by molar-refractivity contribution is -0.136. The number of nitrogens with zero attached hydrogens (tertiary/aromatic N) is 3. The second-order valence-electron chi connectivity index (χ2n) is 4.86. The number of hydrogen-bond donors (Lipinski definition) is 1. The number of aryl methyl sites for hydroxylation is 2. The molecule has 126 valence electrons. The SMILES string of the molecule is CCn1c(=O)c2c(C)c(C=NO)sc2n(CCC(F)(F)F)c1=O. The summed E-state index contributed by atoms with van der Waals surface area (Å²) in [5.74, 6) is 0. The van der Waals surface area contributed by atoms with Gasteiger partial charge in [-0.05, 0) is 19.4 Å². The summed E-state index contributed by atoms with van der Waals surface area (Å²) in [5.41, 5.74) is -0.860. The Morgan fingerprint density at radius 2 is 1.96 bits per heavy atom. The Morgan fingerprint density at radius 1 is 1.30 bits per heavy atom. The Labute approximate surface area is 132 Å². The largest absolute Gasteiger partial charge is 0.411 e. The summed E-state index contributed by atoms with van der Waals surface area (Å²) in [7, 11) is 0. The second kappa shape index (κ2) is 6.19. The molecule has 0 radical (unpaired) electrons. The molecule has 2 aromatic rings. The Balaban J connectivity index is 2.81. The molecule has 2 heterocycles. The molecule has 10 heteroatoms. The fourth-order valence-corrected chi connectivity index (χ4v) is 3.49. The van der Waals surface area contributed by atoms with Crippen molar-refractivity contribution in [2.75, 3.05) is 0 Å². The molecule has 23 heavy (non-hydrogen) atoms. The summed E-state index contributed by atoms with van der Waals surface area (Å²) >= 11 is 0.946. The van der Waals surface area contributed by atoms with E-state index in [1.54, 1.807) is 13.8 Å². The van der Waals surface area contributed by atoms with E-state index in [-0.39, 0.29) is 16.8 Å². The van der Waals surface area contributed by atoms with Crippen LogP contribution in [0.15, 0.2) is 14.7 Å². The predicted octanol–water partition coefficient (Wildman–Crippen LogP) is 2.31. The van der Waals surface area contributed by atoms with Crippen LogP contribution in [-0.2, 0) is 13.1 Å². The van der Waals surface area contributed by atoms with Crippen LogP contribution in [-0.4, -0.2) is 26.7 Å². The first-order valence-electron chi connectivity index (χ1n) is 6.72. The molecule has 0 saturated carbocycles. The summed E-state index contributed by atoms with van der Waals surface area (Å²) < 4.78 is 39.4. The number of rotatable bonds is 4. The van der Waals surface area contributed by atoms with Crippen LogP contribution in [0.1, 0.15) is 23.8 Å². The summed E-state index contributed by atoms with van der Waals surface area (Å²) in [4.78, 5) is 25.3. The minimum absolute atomic E-state index is 0.0539. The van der Waals surface area contributed by atoms with Crippen molar-refractivity contribution in [1.82, 2.24) is 9.13 Å². The maximum atomic E-state index is 12.5. The summed E-state index contributed by atoms with van der Waals surface area (Å²) in [6.07, 6.45) is -4.50. The first kappa shape index (κ1) is 17.3. The van der Waals surface area contributed by atoms with Gasteiger partial charge >= 0.3 is 11.9 Å². The molecule has 0 atom stereocenters. The molecule has 0 aliphatic heterocycles. The van der Waals surface area contributed by atoms with Crippen LogP contribution in [0.4, 0.5) is 13.2 Å². The third-order valence-corrected chi connectivity index (χ3v) is 4.69. The Morgan fingerprint density at radius 3 is 2.48 bits per heavy atom. The fourth-order valence-electron chi connectivity index (χ4n) is 2.30. The van der Waals surface area contributed by atoms with Gasteiger partial charge in [0.05, 0.1) is 22.9 Å². The average Bonchev–Trinajstić information content (AvgIpc) is 2.76. The molecule has 0 spiro atoms. The van der Waals surface area contributed by atoms with E-state index in [1.807, 2.05) is 0 Å². The molecule has 0 aliphatic rings. The molecular weight excluding hydrogens is 335 g/mol. The van der Waals surface area contributed by atoms with E-state index in [2.05, 4.69) is 5.16 Å². The molecule has 2 rings (SSSR count). The molecule has 0 saturated heterocycles. The highest BCUT2D eigenvalue weighted by Gasteiger charge is 2.28. The Kier molecular flexibility index (Phi) is 4.64. The van der Waals surface area contributed by atoms with Crippen LogP contribution in [0, 0.1) is 6.92 Å². The monoisotopic (exact) mass is 349 g/mol. The minimum atomic E-state index is -4.42. The van der Waals surface area contributed by atoms with Crippen LogP contribution < -0.4 is 11.2 Å². The zero-order valence-electron chi connectivity index (χ0n) is 12.3. The highest BCUT2D eigenvalue weighted by molar-refractivity contribution is 7.20. The molecule has 0 fully saturated rings. The fraction of sp³-hybridized carbons (Fsp3) is 0.462. The molecule has 0 bridgehead atoms. The van der Waals surface area contributed by atoms with Crippen molar-refractivity contribution < 1.29 is 18.4 Å². The smallest absolute Gasteiger partial charge is 0.390 e. The summed E-state index contributed by atoms with van der Waals surface area (Å²) in [5, 5.41) is 11.7. The van der Waals surface area contributed by atoms with Gasteiger partial charge in [-0.15, -0.1) is 11.3 Å². The second-order valence-corrected chi connectivity index (χ2v) is 5.90. The summed E-state index contributed by atoms with van der Waals surface area (Å²) in [6.45, 7) is 2.64. The molecule has 2 aromatic heterocycles. The molecular formula is C13H14F3N3O3S. The van der Waals surface area contributed by atoms with Crippen molar-refractivity contribution in [3.63, 3.8) is 0 Å².